The van der Waals surface area contributed by atoms with E-state index < -0.39 is 0 Å². The summed E-state index contributed by atoms with van der Waals surface area (Å²) in [7, 11) is 1.72. The molecule has 0 unspecified atom stereocenters. The van der Waals surface area contributed by atoms with E-state index in [1.54, 1.807) is 7.11 Å². The fraction of sp³-hybridized carbons (Fsp3) is 0.471. The first kappa shape index (κ1) is 15.6. The van der Waals surface area contributed by atoms with Crippen LogP contribution >= 0.6 is 0 Å². The molecule has 0 saturated heterocycles. The largest absolute Gasteiger partial charge is 0.384 e. The highest BCUT2D eigenvalue weighted by atomic mass is 16.5. The Labute approximate surface area is 127 Å². The molecule has 0 radical (unpaired) electrons. The van der Waals surface area contributed by atoms with Crippen LogP contribution in [0.25, 0.3) is 11.4 Å². The van der Waals surface area contributed by atoms with Gasteiger partial charge in [0.15, 0.2) is 0 Å². The molecule has 1 aromatic heterocycles. The number of ether oxygens (including phenoxy) is 1. The van der Waals surface area contributed by atoms with Crippen molar-refractivity contribution in [2.45, 2.75) is 45.8 Å². The second-order valence-electron chi connectivity index (χ2n) is 5.93. The molecule has 4 nitrogen and oxygen atoms in total. The van der Waals surface area contributed by atoms with Gasteiger partial charge in [-0.2, -0.15) is 0 Å². The van der Waals surface area contributed by atoms with Gasteiger partial charge in [-0.25, -0.2) is 4.98 Å². The Morgan fingerprint density at radius 1 is 1.24 bits per heavy atom. The van der Waals surface area contributed by atoms with Gasteiger partial charge in [-0.05, 0) is 20.3 Å². The van der Waals surface area contributed by atoms with Gasteiger partial charge in [0.25, 0.3) is 0 Å². The van der Waals surface area contributed by atoms with Crippen molar-refractivity contribution in [3.8, 4) is 11.4 Å². The number of hydrogen-bond acceptors (Lipinski definition) is 3. The Kier molecular flexibility index (Phi) is 4.68. The summed E-state index contributed by atoms with van der Waals surface area (Å²) in [6, 6.07) is 10.2. The smallest absolute Gasteiger partial charge is 0.141 e. The van der Waals surface area contributed by atoms with Crippen molar-refractivity contribution < 1.29 is 4.74 Å². The number of aromatic nitrogens is 2. The molecule has 21 heavy (non-hydrogen) atoms. The number of nitrogens with two attached hydrogens (primary N) is 1. The number of nitrogen functional groups attached to an aromatic ring is 1. The second-order valence-corrected chi connectivity index (χ2v) is 5.93. The summed E-state index contributed by atoms with van der Waals surface area (Å²) in [4.78, 5) is 4.79. The molecule has 0 aliphatic heterocycles. The molecule has 1 heterocycles. The monoisotopic (exact) mass is 287 g/mol. The molecular formula is C17H25N3O. The zero-order valence-electron chi connectivity index (χ0n) is 13.4. The summed E-state index contributed by atoms with van der Waals surface area (Å²) in [5, 5.41) is 0. The number of methoxy groups -OCH3 is 1. The van der Waals surface area contributed by atoms with Crippen LogP contribution in [0.5, 0.6) is 0 Å². The molecule has 2 N–H and O–H groups in total. The van der Waals surface area contributed by atoms with Crippen LogP contribution in [0, 0.1) is 0 Å². The molecule has 2 aromatic rings. The van der Waals surface area contributed by atoms with Crippen LogP contribution in [0.4, 0.5) is 5.82 Å². The SMILES string of the molecule is CCCn1c(-c2ccccc2)nc(CC(C)(C)OC)c1N. The maximum Gasteiger partial charge on any atom is 0.141 e. The van der Waals surface area contributed by atoms with Gasteiger partial charge in [0.1, 0.15) is 11.6 Å². The molecule has 0 atom stereocenters. The lowest BCUT2D eigenvalue weighted by Crippen LogP contribution is -2.26. The van der Waals surface area contributed by atoms with Crippen LogP contribution in [0.1, 0.15) is 32.9 Å². The predicted octanol–water partition coefficient (Wildman–Crippen LogP) is 3.51. The summed E-state index contributed by atoms with van der Waals surface area (Å²) in [5.41, 5.74) is 8.07. The van der Waals surface area contributed by atoms with E-state index in [4.69, 9.17) is 15.5 Å². The summed E-state index contributed by atoms with van der Waals surface area (Å²) in [5.74, 6) is 1.69. The highest BCUT2D eigenvalue weighted by Gasteiger charge is 2.23. The Hall–Kier alpha value is -1.81. The van der Waals surface area contributed by atoms with Crippen molar-refractivity contribution in [3.63, 3.8) is 0 Å². The molecule has 0 bridgehead atoms. The standard InChI is InChI=1S/C17H25N3O/c1-5-11-20-15(18)14(12-17(2,3)21-4)19-16(20)13-9-7-6-8-10-13/h6-10H,5,11-12,18H2,1-4H3. The molecule has 0 spiro atoms. The van der Waals surface area contributed by atoms with E-state index in [1.165, 1.54) is 0 Å². The molecule has 1 aromatic carbocycles. The van der Waals surface area contributed by atoms with Gasteiger partial charge in [0, 0.05) is 25.6 Å². The van der Waals surface area contributed by atoms with E-state index >= 15 is 0 Å². The maximum atomic E-state index is 6.33. The third-order valence-corrected chi connectivity index (χ3v) is 3.71. The Bertz CT molecular complexity index is 588. The van der Waals surface area contributed by atoms with Gasteiger partial charge >= 0.3 is 0 Å². The van der Waals surface area contributed by atoms with Crippen LogP contribution in [-0.2, 0) is 17.7 Å². The number of nitrogens with zero attached hydrogens (tertiary/aromatic N) is 2. The first-order valence-electron chi connectivity index (χ1n) is 7.44. The zero-order chi connectivity index (χ0) is 15.5. The molecule has 4 heteroatoms. The van der Waals surface area contributed by atoms with Gasteiger partial charge in [-0.15, -0.1) is 0 Å². The number of hydrogen-bond donors (Lipinski definition) is 1. The summed E-state index contributed by atoms with van der Waals surface area (Å²) < 4.78 is 7.61. The average molecular weight is 287 g/mol. The quantitative estimate of drug-likeness (QED) is 0.884. The van der Waals surface area contributed by atoms with Gasteiger partial charge in [-0.1, -0.05) is 37.3 Å². The van der Waals surface area contributed by atoms with Gasteiger partial charge < -0.3 is 15.0 Å². The van der Waals surface area contributed by atoms with E-state index in [0.29, 0.717) is 6.42 Å². The van der Waals surface area contributed by atoms with Gasteiger partial charge in [0.2, 0.25) is 0 Å². The fourth-order valence-corrected chi connectivity index (χ4v) is 2.38. The number of imidazole rings is 1. The fourth-order valence-electron chi connectivity index (χ4n) is 2.38. The minimum absolute atomic E-state index is 0.270. The van der Waals surface area contributed by atoms with Crippen molar-refractivity contribution in [1.29, 1.82) is 0 Å². The Morgan fingerprint density at radius 2 is 1.90 bits per heavy atom. The molecule has 0 aliphatic carbocycles. The molecular weight excluding hydrogens is 262 g/mol. The lowest BCUT2D eigenvalue weighted by atomic mass is 10.0. The number of rotatable bonds is 6. The summed E-state index contributed by atoms with van der Waals surface area (Å²) in [6.45, 7) is 7.12. The Balaban J connectivity index is 2.46. The molecule has 0 amide bonds. The van der Waals surface area contributed by atoms with Crippen LogP contribution in [-0.4, -0.2) is 22.3 Å². The molecule has 2 rings (SSSR count). The van der Waals surface area contributed by atoms with Crippen LogP contribution in [0.2, 0.25) is 0 Å². The minimum Gasteiger partial charge on any atom is -0.384 e. The summed E-state index contributed by atoms with van der Waals surface area (Å²) >= 11 is 0. The lowest BCUT2D eigenvalue weighted by molar-refractivity contribution is 0.0226. The molecule has 0 saturated carbocycles. The minimum atomic E-state index is -0.270. The van der Waals surface area contributed by atoms with E-state index in [1.807, 2.05) is 32.0 Å². The summed E-state index contributed by atoms with van der Waals surface area (Å²) in [6.07, 6.45) is 1.72. The third kappa shape index (κ3) is 3.45. The Morgan fingerprint density at radius 3 is 2.48 bits per heavy atom. The first-order chi connectivity index (χ1) is 9.98. The second kappa shape index (κ2) is 6.31. The van der Waals surface area contributed by atoms with Crippen LogP contribution < -0.4 is 5.73 Å². The number of anilines is 1. The normalized spacial score (nSPS) is 11.8. The van der Waals surface area contributed by atoms with Crippen molar-refractivity contribution >= 4 is 5.82 Å². The van der Waals surface area contributed by atoms with Crippen LogP contribution in [0.3, 0.4) is 0 Å². The zero-order valence-corrected chi connectivity index (χ0v) is 13.4. The highest BCUT2D eigenvalue weighted by molar-refractivity contribution is 5.60. The van der Waals surface area contributed by atoms with E-state index in [9.17, 15) is 0 Å². The molecule has 0 aliphatic rings. The maximum absolute atomic E-state index is 6.33. The van der Waals surface area contributed by atoms with Gasteiger partial charge in [-0.3, -0.25) is 0 Å². The van der Waals surface area contributed by atoms with Gasteiger partial charge in [0.05, 0.1) is 11.3 Å². The first-order valence-corrected chi connectivity index (χ1v) is 7.44. The third-order valence-electron chi connectivity index (χ3n) is 3.71. The van der Waals surface area contributed by atoms with E-state index in [-0.39, 0.29) is 5.60 Å². The average Bonchev–Trinajstić information content (AvgIpc) is 2.77. The molecule has 0 fully saturated rings. The van der Waals surface area contributed by atoms with Crippen molar-refractivity contribution in [3.05, 3.63) is 36.0 Å². The number of benzene rings is 1. The van der Waals surface area contributed by atoms with Crippen molar-refractivity contribution in [1.82, 2.24) is 9.55 Å². The van der Waals surface area contributed by atoms with Crippen molar-refractivity contribution in [2.75, 3.05) is 12.8 Å². The predicted molar refractivity (Wildman–Crippen MR) is 87.2 cm³/mol. The van der Waals surface area contributed by atoms with Crippen molar-refractivity contribution in [2.24, 2.45) is 0 Å². The van der Waals surface area contributed by atoms with E-state index in [2.05, 4.69) is 23.6 Å². The lowest BCUT2D eigenvalue weighted by Gasteiger charge is -2.21. The van der Waals surface area contributed by atoms with Crippen LogP contribution in [0.15, 0.2) is 30.3 Å². The topological polar surface area (TPSA) is 53.1 Å². The van der Waals surface area contributed by atoms with E-state index in [0.717, 1.165) is 35.9 Å². The highest BCUT2D eigenvalue weighted by Crippen LogP contribution is 2.27. The molecule has 114 valence electrons.